The quantitative estimate of drug-likeness (QED) is 0.825. The SMILES string of the molecule is NC1CCC(NC(=O)c2cc(F)c(Cl)cc2Cl)CC1. The summed E-state index contributed by atoms with van der Waals surface area (Å²) < 4.78 is 13.4. The molecule has 0 saturated heterocycles. The van der Waals surface area contributed by atoms with Crippen LogP contribution in [-0.2, 0) is 0 Å². The molecule has 1 amide bonds. The van der Waals surface area contributed by atoms with E-state index in [9.17, 15) is 9.18 Å². The molecule has 0 radical (unpaired) electrons. The zero-order chi connectivity index (χ0) is 14.0. The molecule has 3 nitrogen and oxygen atoms in total. The van der Waals surface area contributed by atoms with Gasteiger partial charge in [0.15, 0.2) is 0 Å². The molecule has 0 aromatic heterocycles. The van der Waals surface area contributed by atoms with Gasteiger partial charge >= 0.3 is 0 Å². The van der Waals surface area contributed by atoms with Crippen LogP contribution in [0.2, 0.25) is 10.0 Å². The molecular formula is C13H15Cl2FN2O. The van der Waals surface area contributed by atoms with E-state index in [-0.39, 0.29) is 33.6 Å². The average Bonchev–Trinajstić information content (AvgIpc) is 2.36. The molecule has 0 bridgehead atoms. The van der Waals surface area contributed by atoms with Crippen LogP contribution in [0, 0.1) is 5.82 Å². The Labute approximate surface area is 121 Å². The summed E-state index contributed by atoms with van der Waals surface area (Å²) in [7, 11) is 0. The van der Waals surface area contributed by atoms with Crippen LogP contribution in [0.3, 0.4) is 0 Å². The van der Waals surface area contributed by atoms with Crippen LogP contribution in [0.25, 0.3) is 0 Å². The normalized spacial score (nSPS) is 23.2. The zero-order valence-corrected chi connectivity index (χ0v) is 11.8. The number of halogens is 3. The van der Waals surface area contributed by atoms with Crippen molar-refractivity contribution >= 4 is 29.1 Å². The molecule has 0 atom stereocenters. The number of nitrogens with two attached hydrogens (primary N) is 1. The summed E-state index contributed by atoms with van der Waals surface area (Å²) >= 11 is 11.5. The van der Waals surface area contributed by atoms with Gasteiger partial charge in [0, 0.05) is 12.1 Å². The smallest absolute Gasteiger partial charge is 0.253 e. The fraction of sp³-hybridized carbons (Fsp3) is 0.462. The summed E-state index contributed by atoms with van der Waals surface area (Å²) in [4.78, 5) is 12.0. The Morgan fingerprint density at radius 3 is 2.47 bits per heavy atom. The lowest BCUT2D eigenvalue weighted by Crippen LogP contribution is -2.40. The number of hydrogen-bond donors (Lipinski definition) is 2. The minimum absolute atomic E-state index is 0.0714. The lowest BCUT2D eigenvalue weighted by atomic mass is 9.91. The number of benzene rings is 1. The molecule has 0 heterocycles. The fourth-order valence-corrected chi connectivity index (χ4v) is 2.69. The van der Waals surface area contributed by atoms with Gasteiger partial charge in [-0.25, -0.2) is 4.39 Å². The number of amides is 1. The Hall–Kier alpha value is -0.840. The number of rotatable bonds is 2. The second-order valence-electron chi connectivity index (χ2n) is 4.83. The van der Waals surface area contributed by atoms with Crippen molar-refractivity contribution in [1.29, 1.82) is 0 Å². The zero-order valence-electron chi connectivity index (χ0n) is 10.3. The van der Waals surface area contributed by atoms with E-state index in [1.807, 2.05) is 0 Å². The molecule has 104 valence electrons. The maximum Gasteiger partial charge on any atom is 0.253 e. The van der Waals surface area contributed by atoms with Crippen LogP contribution in [0.4, 0.5) is 4.39 Å². The third-order valence-corrected chi connectivity index (χ3v) is 3.96. The second-order valence-corrected chi connectivity index (χ2v) is 5.65. The number of carbonyl (C=O) groups is 1. The molecule has 0 spiro atoms. The Bertz CT molecular complexity index is 488. The predicted molar refractivity (Wildman–Crippen MR) is 74.1 cm³/mol. The van der Waals surface area contributed by atoms with E-state index in [0.29, 0.717) is 0 Å². The summed E-state index contributed by atoms with van der Waals surface area (Å²) in [6.45, 7) is 0. The van der Waals surface area contributed by atoms with Crippen LogP contribution in [0.1, 0.15) is 36.0 Å². The van der Waals surface area contributed by atoms with Gasteiger partial charge in [0.2, 0.25) is 0 Å². The van der Waals surface area contributed by atoms with Gasteiger partial charge in [0.05, 0.1) is 15.6 Å². The Balaban J connectivity index is 2.06. The first kappa shape index (κ1) is 14.6. The summed E-state index contributed by atoms with van der Waals surface area (Å²) in [5.41, 5.74) is 5.91. The highest BCUT2D eigenvalue weighted by atomic mass is 35.5. The van der Waals surface area contributed by atoms with Gasteiger partial charge in [-0.2, -0.15) is 0 Å². The first-order valence-corrected chi connectivity index (χ1v) is 6.94. The van der Waals surface area contributed by atoms with E-state index >= 15 is 0 Å². The topological polar surface area (TPSA) is 55.1 Å². The minimum atomic E-state index is -0.651. The van der Waals surface area contributed by atoms with Crippen LogP contribution < -0.4 is 11.1 Å². The van der Waals surface area contributed by atoms with Crippen molar-refractivity contribution < 1.29 is 9.18 Å². The molecule has 19 heavy (non-hydrogen) atoms. The van der Waals surface area contributed by atoms with E-state index in [0.717, 1.165) is 31.7 Å². The van der Waals surface area contributed by atoms with Gasteiger partial charge in [0.25, 0.3) is 5.91 Å². The molecule has 1 aromatic rings. The minimum Gasteiger partial charge on any atom is -0.349 e. The molecule has 2 rings (SSSR count). The third-order valence-electron chi connectivity index (χ3n) is 3.36. The van der Waals surface area contributed by atoms with Crippen molar-refractivity contribution in [1.82, 2.24) is 5.32 Å². The molecule has 1 aromatic carbocycles. The molecule has 6 heteroatoms. The fourth-order valence-electron chi connectivity index (χ4n) is 2.22. The summed E-state index contributed by atoms with van der Waals surface area (Å²) in [6, 6.07) is 2.59. The summed E-state index contributed by atoms with van der Waals surface area (Å²) in [5.74, 6) is -1.03. The first-order valence-electron chi connectivity index (χ1n) is 6.18. The third kappa shape index (κ3) is 3.59. The monoisotopic (exact) mass is 304 g/mol. The van der Waals surface area contributed by atoms with Gasteiger partial charge < -0.3 is 11.1 Å². The number of carbonyl (C=O) groups excluding carboxylic acids is 1. The lowest BCUT2D eigenvalue weighted by Gasteiger charge is -2.26. The van der Waals surface area contributed by atoms with E-state index < -0.39 is 5.82 Å². The highest BCUT2D eigenvalue weighted by Gasteiger charge is 2.22. The first-order chi connectivity index (χ1) is 8.97. The number of nitrogens with one attached hydrogen (secondary N) is 1. The Kier molecular flexibility index (Phi) is 4.66. The van der Waals surface area contributed by atoms with Crippen LogP contribution >= 0.6 is 23.2 Å². The van der Waals surface area contributed by atoms with Crippen LogP contribution in [0.15, 0.2) is 12.1 Å². The van der Waals surface area contributed by atoms with Crippen molar-refractivity contribution in [3.63, 3.8) is 0 Å². The van der Waals surface area contributed by atoms with Crippen molar-refractivity contribution in [2.24, 2.45) is 5.73 Å². The van der Waals surface area contributed by atoms with Gasteiger partial charge in [-0.05, 0) is 37.8 Å². The molecule has 1 saturated carbocycles. The highest BCUT2D eigenvalue weighted by Crippen LogP contribution is 2.25. The average molecular weight is 305 g/mol. The summed E-state index contributed by atoms with van der Waals surface area (Å²) in [5, 5.41) is 2.91. The van der Waals surface area contributed by atoms with Crippen LogP contribution in [0.5, 0.6) is 0 Å². The van der Waals surface area contributed by atoms with Crippen molar-refractivity contribution in [2.75, 3.05) is 0 Å². The van der Waals surface area contributed by atoms with E-state index in [4.69, 9.17) is 28.9 Å². The molecule has 0 unspecified atom stereocenters. The second kappa shape index (κ2) is 6.07. The predicted octanol–water partition coefficient (Wildman–Crippen LogP) is 3.13. The van der Waals surface area contributed by atoms with Crippen LogP contribution in [-0.4, -0.2) is 18.0 Å². The van der Waals surface area contributed by atoms with E-state index in [1.165, 1.54) is 6.07 Å². The summed E-state index contributed by atoms with van der Waals surface area (Å²) in [6.07, 6.45) is 3.43. The van der Waals surface area contributed by atoms with Gasteiger partial charge in [-0.15, -0.1) is 0 Å². The lowest BCUT2D eigenvalue weighted by molar-refractivity contribution is 0.0925. The maximum atomic E-state index is 13.4. The van der Waals surface area contributed by atoms with Gasteiger partial charge in [0.1, 0.15) is 5.82 Å². The Morgan fingerprint density at radius 1 is 1.21 bits per heavy atom. The molecule has 1 aliphatic carbocycles. The molecule has 0 aliphatic heterocycles. The highest BCUT2D eigenvalue weighted by molar-refractivity contribution is 6.36. The van der Waals surface area contributed by atoms with Crippen molar-refractivity contribution in [3.05, 3.63) is 33.6 Å². The maximum absolute atomic E-state index is 13.4. The molecular weight excluding hydrogens is 290 g/mol. The number of hydrogen-bond acceptors (Lipinski definition) is 2. The van der Waals surface area contributed by atoms with E-state index in [2.05, 4.69) is 5.32 Å². The van der Waals surface area contributed by atoms with Gasteiger partial charge in [-0.3, -0.25) is 4.79 Å². The standard InChI is InChI=1S/C13H15Cl2FN2O/c14-10-6-11(15)12(16)5-9(10)13(19)18-8-3-1-7(17)2-4-8/h5-8H,1-4,17H2,(H,18,19). The Morgan fingerprint density at radius 2 is 1.84 bits per heavy atom. The van der Waals surface area contributed by atoms with Gasteiger partial charge in [-0.1, -0.05) is 23.2 Å². The molecule has 1 aliphatic rings. The largest absolute Gasteiger partial charge is 0.349 e. The molecule has 3 N–H and O–H groups in total. The molecule has 1 fully saturated rings. The van der Waals surface area contributed by atoms with Crippen molar-refractivity contribution in [3.8, 4) is 0 Å². The van der Waals surface area contributed by atoms with E-state index in [1.54, 1.807) is 0 Å². The van der Waals surface area contributed by atoms with Crippen molar-refractivity contribution in [2.45, 2.75) is 37.8 Å².